The number of hydrogen-bond acceptors (Lipinski definition) is 3. The van der Waals surface area contributed by atoms with E-state index in [0.29, 0.717) is 5.78 Å². The molecular formula is C26H46O3. The zero-order valence-electron chi connectivity index (χ0n) is 19.9. The molecular weight excluding hydrogens is 360 g/mol. The minimum Gasteiger partial charge on any atom is -0.463 e. The van der Waals surface area contributed by atoms with Crippen LogP contribution in [0.1, 0.15) is 131 Å². The molecule has 0 saturated heterocycles. The van der Waals surface area contributed by atoms with Crippen molar-refractivity contribution in [3.05, 3.63) is 11.1 Å². The van der Waals surface area contributed by atoms with Gasteiger partial charge in [-0.25, -0.2) is 0 Å². The van der Waals surface area contributed by atoms with Crippen molar-refractivity contribution >= 4 is 11.8 Å². The van der Waals surface area contributed by atoms with E-state index in [1.165, 1.54) is 70.3 Å². The molecule has 1 aliphatic carbocycles. The maximum Gasteiger partial charge on any atom is 0.302 e. The lowest BCUT2D eigenvalue weighted by Crippen LogP contribution is -2.25. The Kier molecular flexibility index (Phi) is 12.5. The molecule has 0 spiro atoms. The van der Waals surface area contributed by atoms with Crippen LogP contribution in [-0.2, 0) is 14.3 Å². The molecule has 1 aliphatic rings. The van der Waals surface area contributed by atoms with E-state index in [-0.39, 0.29) is 17.5 Å². The number of hydrogen-bond donors (Lipinski definition) is 0. The van der Waals surface area contributed by atoms with Gasteiger partial charge in [0.2, 0.25) is 0 Å². The van der Waals surface area contributed by atoms with Crippen LogP contribution in [0.5, 0.6) is 0 Å². The van der Waals surface area contributed by atoms with E-state index >= 15 is 0 Å². The van der Waals surface area contributed by atoms with Crippen molar-refractivity contribution in [1.29, 1.82) is 0 Å². The summed E-state index contributed by atoms with van der Waals surface area (Å²) in [7, 11) is 0. The van der Waals surface area contributed by atoms with Gasteiger partial charge in [-0.1, -0.05) is 77.7 Å². The highest BCUT2D eigenvalue weighted by molar-refractivity contribution is 5.96. The summed E-state index contributed by atoms with van der Waals surface area (Å²) in [5.74, 6) is 0.224. The first-order chi connectivity index (χ1) is 13.8. The Bertz CT molecular complexity index is 530. The van der Waals surface area contributed by atoms with Gasteiger partial charge in [-0.2, -0.15) is 0 Å². The van der Waals surface area contributed by atoms with Crippen LogP contribution in [0.4, 0.5) is 0 Å². The van der Waals surface area contributed by atoms with E-state index in [1.807, 2.05) is 6.92 Å². The summed E-state index contributed by atoms with van der Waals surface area (Å²) in [6.45, 7) is 10.3. The highest BCUT2D eigenvalue weighted by Crippen LogP contribution is 2.41. The molecule has 0 saturated carbocycles. The first-order valence-electron chi connectivity index (χ1n) is 12.2. The molecule has 0 heterocycles. The van der Waals surface area contributed by atoms with E-state index in [1.54, 1.807) is 0 Å². The Morgan fingerprint density at radius 2 is 1.52 bits per heavy atom. The van der Waals surface area contributed by atoms with Crippen LogP contribution in [0.15, 0.2) is 11.1 Å². The van der Waals surface area contributed by atoms with Gasteiger partial charge < -0.3 is 4.74 Å². The zero-order chi connectivity index (χ0) is 21.7. The van der Waals surface area contributed by atoms with Gasteiger partial charge in [-0.15, -0.1) is 0 Å². The number of ether oxygens (including phenoxy) is 1. The molecule has 1 atom stereocenters. The van der Waals surface area contributed by atoms with Crippen molar-refractivity contribution in [3.8, 4) is 0 Å². The predicted molar refractivity (Wildman–Crippen MR) is 122 cm³/mol. The SMILES string of the molecule is CCCC(CCCCCCCCCCCC1=C(C)C(=O)CCC1(C)C)OC(C)=O. The Balaban J connectivity index is 2.04. The number of carbonyl (C=O) groups excluding carboxylic acids is 2. The van der Waals surface area contributed by atoms with E-state index in [9.17, 15) is 9.59 Å². The third-order valence-electron chi connectivity index (χ3n) is 6.56. The number of carbonyl (C=O) groups is 2. The van der Waals surface area contributed by atoms with Gasteiger partial charge in [0.05, 0.1) is 0 Å². The number of allylic oxidation sites excluding steroid dienone is 2. The third kappa shape index (κ3) is 10.5. The summed E-state index contributed by atoms with van der Waals surface area (Å²) in [6.07, 6.45) is 17.5. The van der Waals surface area contributed by atoms with Crippen LogP contribution < -0.4 is 0 Å². The van der Waals surface area contributed by atoms with Crippen LogP contribution >= 0.6 is 0 Å². The lowest BCUT2D eigenvalue weighted by molar-refractivity contribution is -0.147. The van der Waals surface area contributed by atoms with Gasteiger partial charge in [-0.05, 0) is 56.4 Å². The predicted octanol–water partition coefficient (Wildman–Crippen LogP) is 7.71. The topological polar surface area (TPSA) is 43.4 Å². The molecule has 0 amide bonds. The van der Waals surface area contributed by atoms with Crippen LogP contribution in [-0.4, -0.2) is 17.9 Å². The number of ketones is 1. The molecule has 3 heteroatoms. The van der Waals surface area contributed by atoms with Gasteiger partial charge in [0.1, 0.15) is 6.10 Å². The average molecular weight is 407 g/mol. The molecule has 29 heavy (non-hydrogen) atoms. The van der Waals surface area contributed by atoms with Crippen LogP contribution in [0.2, 0.25) is 0 Å². The highest BCUT2D eigenvalue weighted by Gasteiger charge is 2.31. The van der Waals surface area contributed by atoms with Crippen molar-refractivity contribution in [3.63, 3.8) is 0 Å². The molecule has 0 aromatic carbocycles. The summed E-state index contributed by atoms with van der Waals surface area (Å²) >= 11 is 0. The largest absolute Gasteiger partial charge is 0.463 e. The molecule has 0 fully saturated rings. The molecule has 0 aliphatic heterocycles. The van der Waals surface area contributed by atoms with E-state index in [4.69, 9.17) is 4.74 Å². The number of rotatable bonds is 15. The van der Waals surface area contributed by atoms with Crippen molar-refractivity contribution in [2.24, 2.45) is 5.41 Å². The Morgan fingerprint density at radius 1 is 0.966 bits per heavy atom. The second-order valence-electron chi connectivity index (χ2n) is 9.65. The fourth-order valence-electron chi connectivity index (χ4n) is 4.70. The summed E-state index contributed by atoms with van der Waals surface area (Å²) in [5, 5.41) is 0. The van der Waals surface area contributed by atoms with E-state index < -0.39 is 0 Å². The van der Waals surface area contributed by atoms with Gasteiger partial charge >= 0.3 is 5.97 Å². The fourth-order valence-corrected chi connectivity index (χ4v) is 4.70. The standard InChI is InChI=1S/C26H46O3/c1-6-16-23(29-22(3)27)17-14-12-10-8-7-9-11-13-15-18-24-21(2)25(28)19-20-26(24,4)5/h23H,6-20H2,1-5H3. The lowest BCUT2D eigenvalue weighted by atomic mass is 9.70. The number of Topliss-reactive ketones (excluding diaryl/α,β-unsaturated/α-hetero) is 1. The Morgan fingerprint density at radius 3 is 2.07 bits per heavy atom. The van der Waals surface area contributed by atoms with Gasteiger partial charge in [0, 0.05) is 13.3 Å². The Labute approximate surface area is 180 Å². The zero-order valence-corrected chi connectivity index (χ0v) is 19.9. The average Bonchev–Trinajstić information content (AvgIpc) is 2.65. The second-order valence-corrected chi connectivity index (χ2v) is 9.65. The monoisotopic (exact) mass is 406 g/mol. The smallest absolute Gasteiger partial charge is 0.302 e. The summed E-state index contributed by atoms with van der Waals surface area (Å²) < 4.78 is 5.38. The molecule has 1 unspecified atom stereocenters. The molecule has 0 radical (unpaired) electrons. The first-order valence-corrected chi connectivity index (χ1v) is 12.2. The summed E-state index contributed by atoms with van der Waals surface area (Å²) in [5.41, 5.74) is 2.68. The third-order valence-corrected chi connectivity index (χ3v) is 6.56. The van der Waals surface area contributed by atoms with Crippen molar-refractivity contribution in [2.75, 3.05) is 0 Å². The van der Waals surface area contributed by atoms with Crippen LogP contribution in [0.3, 0.4) is 0 Å². The molecule has 3 nitrogen and oxygen atoms in total. The van der Waals surface area contributed by atoms with Gasteiger partial charge in [0.15, 0.2) is 5.78 Å². The molecule has 168 valence electrons. The van der Waals surface area contributed by atoms with Gasteiger partial charge in [-0.3, -0.25) is 9.59 Å². The first kappa shape index (κ1) is 25.9. The molecule has 1 rings (SSSR count). The van der Waals surface area contributed by atoms with Crippen molar-refractivity contribution in [1.82, 2.24) is 0 Å². The quantitative estimate of drug-likeness (QED) is 0.206. The van der Waals surface area contributed by atoms with Crippen molar-refractivity contribution in [2.45, 2.75) is 137 Å². The van der Waals surface area contributed by atoms with Crippen molar-refractivity contribution < 1.29 is 14.3 Å². The normalized spacial score (nSPS) is 17.5. The lowest BCUT2D eigenvalue weighted by Gasteiger charge is -2.34. The summed E-state index contributed by atoms with van der Waals surface area (Å²) in [6, 6.07) is 0. The van der Waals surface area contributed by atoms with Crippen LogP contribution in [0, 0.1) is 5.41 Å². The molecule has 0 N–H and O–H groups in total. The minimum atomic E-state index is -0.145. The maximum atomic E-state index is 12.0. The Hall–Kier alpha value is -1.12. The van der Waals surface area contributed by atoms with Gasteiger partial charge in [0.25, 0.3) is 0 Å². The maximum absolute atomic E-state index is 12.0. The number of esters is 1. The van der Waals surface area contributed by atoms with E-state index in [2.05, 4.69) is 20.8 Å². The number of unbranched alkanes of at least 4 members (excludes halogenated alkanes) is 8. The fraction of sp³-hybridized carbons (Fsp3) is 0.846. The van der Waals surface area contributed by atoms with Crippen LogP contribution in [0.25, 0.3) is 0 Å². The highest BCUT2D eigenvalue weighted by atomic mass is 16.5. The molecule has 0 bridgehead atoms. The summed E-state index contributed by atoms with van der Waals surface area (Å²) in [4.78, 5) is 23.1. The molecule has 0 aromatic heterocycles. The second kappa shape index (κ2) is 14.0. The minimum absolute atomic E-state index is 0.126. The molecule has 0 aromatic rings. The van der Waals surface area contributed by atoms with E-state index in [0.717, 1.165) is 44.1 Å².